The van der Waals surface area contributed by atoms with E-state index in [2.05, 4.69) is 54.0 Å². The van der Waals surface area contributed by atoms with Gasteiger partial charge in [-0.1, -0.05) is 48.6 Å². The summed E-state index contributed by atoms with van der Waals surface area (Å²) in [6.45, 7) is 3.64. The first kappa shape index (κ1) is 15.3. The maximum absolute atomic E-state index is 9.87. The molecule has 2 aromatic rings. The molecule has 2 aromatic carbocycles. The molecule has 0 aromatic heterocycles. The Bertz CT molecular complexity index is 713. The molecule has 0 aliphatic heterocycles. The lowest BCUT2D eigenvalue weighted by Crippen LogP contribution is -2.17. The average Bonchev–Trinajstić information content (AvgIpc) is 2.64. The van der Waals surface area contributed by atoms with Crippen molar-refractivity contribution in [1.82, 2.24) is 0 Å². The lowest BCUT2D eigenvalue weighted by molar-refractivity contribution is 0.229. The van der Waals surface area contributed by atoms with Crippen LogP contribution in [0.3, 0.4) is 0 Å². The molecule has 0 radical (unpaired) electrons. The minimum Gasteiger partial charge on any atom is -0.384 e. The van der Waals surface area contributed by atoms with Crippen molar-refractivity contribution in [1.29, 1.82) is 0 Å². The van der Waals surface area contributed by atoms with E-state index >= 15 is 0 Å². The van der Waals surface area contributed by atoms with Gasteiger partial charge in [0.05, 0.1) is 6.10 Å². The molecule has 0 saturated heterocycles. The molecule has 3 rings (SSSR count). The van der Waals surface area contributed by atoms with E-state index in [-0.39, 0.29) is 0 Å². The summed E-state index contributed by atoms with van der Waals surface area (Å²) in [6, 6.07) is 18.4. The molecule has 1 aliphatic carbocycles. The zero-order valence-corrected chi connectivity index (χ0v) is 13.1. The van der Waals surface area contributed by atoms with Crippen LogP contribution in [0, 0.1) is 0 Å². The smallest absolute Gasteiger partial charge is 0.0969 e. The van der Waals surface area contributed by atoms with E-state index in [9.17, 15) is 5.11 Å². The summed E-state index contributed by atoms with van der Waals surface area (Å²) in [5.74, 6) is 0. The summed E-state index contributed by atoms with van der Waals surface area (Å²) in [6.07, 6.45) is 9.47. The maximum Gasteiger partial charge on any atom is 0.0969 e. The van der Waals surface area contributed by atoms with Crippen LogP contribution >= 0.6 is 0 Å². The molecule has 1 N–H and O–H groups in total. The molecule has 0 fully saturated rings. The first-order chi connectivity index (χ1) is 11.3. The average molecular weight is 303 g/mol. The number of hydrogen-bond donors (Lipinski definition) is 1. The summed E-state index contributed by atoms with van der Waals surface area (Å²) < 4.78 is 0. The summed E-state index contributed by atoms with van der Waals surface area (Å²) >= 11 is 0. The zero-order valence-electron chi connectivity index (χ0n) is 13.1. The molecule has 0 spiro atoms. The highest BCUT2D eigenvalue weighted by Crippen LogP contribution is 2.33. The Hall–Kier alpha value is -2.58. The predicted octanol–water partition coefficient (Wildman–Crippen LogP) is 5.28. The van der Waals surface area contributed by atoms with Crippen molar-refractivity contribution < 1.29 is 5.11 Å². The molecule has 1 atom stereocenters. The standard InChI is InChI=1S/C21H21NO/c1-2-21(23)17-13-15-20(16-14-17)22(18-9-5-3-6-10-18)19-11-7-4-8-12-19/h2-7,9-11,13-16,21,23H,1,8,12H2. The predicted molar refractivity (Wildman–Crippen MR) is 96.6 cm³/mol. The Morgan fingerprint density at radius 2 is 1.70 bits per heavy atom. The third-order valence-electron chi connectivity index (χ3n) is 4.01. The van der Waals surface area contributed by atoms with E-state index in [1.807, 2.05) is 30.3 Å². The Morgan fingerprint density at radius 1 is 1.00 bits per heavy atom. The first-order valence-electron chi connectivity index (χ1n) is 7.91. The molecule has 2 nitrogen and oxygen atoms in total. The van der Waals surface area contributed by atoms with Crippen LogP contribution in [-0.2, 0) is 0 Å². The van der Waals surface area contributed by atoms with Gasteiger partial charge in [-0.3, -0.25) is 0 Å². The molecule has 0 heterocycles. The fraction of sp³-hybridized carbons (Fsp3) is 0.143. The van der Waals surface area contributed by atoms with Gasteiger partial charge in [0.25, 0.3) is 0 Å². The van der Waals surface area contributed by atoms with Crippen LogP contribution in [-0.4, -0.2) is 5.11 Å². The number of rotatable bonds is 5. The van der Waals surface area contributed by atoms with E-state index in [0.29, 0.717) is 0 Å². The number of nitrogens with zero attached hydrogens (tertiary/aromatic N) is 1. The Morgan fingerprint density at radius 3 is 2.30 bits per heavy atom. The summed E-state index contributed by atoms with van der Waals surface area (Å²) in [5, 5.41) is 9.87. The topological polar surface area (TPSA) is 23.5 Å². The van der Waals surface area contributed by atoms with Gasteiger partial charge in [-0.25, -0.2) is 0 Å². The van der Waals surface area contributed by atoms with Gasteiger partial charge in [0.2, 0.25) is 0 Å². The van der Waals surface area contributed by atoms with E-state index < -0.39 is 6.10 Å². The summed E-state index contributed by atoms with van der Waals surface area (Å²) in [7, 11) is 0. The van der Waals surface area contributed by atoms with Gasteiger partial charge < -0.3 is 10.0 Å². The summed E-state index contributed by atoms with van der Waals surface area (Å²) in [4.78, 5) is 2.27. The van der Waals surface area contributed by atoms with Crippen LogP contribution in [0.15, 0.2) is 91.2 Å². The van der Waals surface area contributed by atoms with Gasteiger partial charge in [-0.05, 0) is 48.7 Å². The minimum atomic E-state index is -0.619. The van der Waals surface area contributed by atoms with Crippen LogP contribution in [0.2, 0.25) is 0 Å². The van der Waals surface area contributed by atoms with Crippen LogP contribution in [0.25, 0.3) is 0 Å². The second-order valence-electron chi connectivity index (χ2n) is 5.57. The molecule has 1 aliphatic rings. The fourth-order valence-corrected chi connectivity index (χ4v) is 2.79. The van der Waals surface area contributed by atoms with E-state index in [4.69, 9.17) is 0 Å². The second kappa shape index (κ2) is 7.12. The molecule has 2 heteroatoms. The van der Waals surface area contributed by atoms with E-state index in [0.717, 1.165) is 29.8 Å². The largest absolute Gasteiger partial charge is 0.384 e. The maximum atomic E-state index is 9.87. The lowest BCUT2D eigenvalue weighted by Gasteiger charge is -2.29. The molecule has 0 bridgehead atoms. The van der Waals surface area contributed by atoms with Gasteiger partial charge >= 0.3 is 0 Å². The van der Waals surface area contributed by atoms with Gasteiger partial charge in [0.15, 0.2) is 0 Å². The lowest BCUT2D eigenvalue weighted by atomic mass is 10.1. The molecule has 23 heavy (non-hydrogen) atoms. The van der Waals surface area contributed by atoms with Gasteiger partial charge in [-0.2, -0.15) is 0 Å². The number of hydrogen-bond acceptors (Lipinski definition) is 2. The number of aliphatic hydroxyl groups excluding tert-OH is 1. The number of allylic oxidation sites excluding steroid dienone is 4. The van der Waals surface area contributed by atoms with Gasteiger partial charge in [-0.15, -0.1) is 6.58 Å². The quantitative estimate of drug-likeness (QED) is 0.760. The van der Waals surface area contributed by atoms with Crippen molar-refractivity contribution in [2.24, 2.45) is 0 Å². The Kier molecular flexibility index (Phi) is 4.74. The van der Waals surface area contributed by atoms with Crippen LogP contribution < -0.4 is 4.90 Å². The molecule has 0 saturated carbocycles. The minimum absolute atomic E-state index is 0.619. The van der Waals surface area contributed by atoms with Crippen molar-refractivity contribution >= 4 is 11.4 Å². The van der Waals surface area contributed by atoms with E-state index in [1.165, 1.54) is 5.70 Å². The van der Waals surface area contributed by atoms with Crippen molar-refractivity contribution in [3.63, 3.8) is 0 Å². The Balaban J connectivity index is 2.00. The van der Waals surface area contributed by atoms with Crippen LogP contribution in [0.5, 0.6) is 0 Å². The van der Waals surface area contributed by atoms with Crippen molar-refractivity contribution in [2.75, 3.05) is 4.90 Å². The fourth-order valence-electron chi connectivity index (χ4n) is 2.79. The SMILES string of the molecule is C=CC(O)c1ccc(N(C2=CC=CCC2)c2ccccc2)cc1. The van der Waals surface area contributed by atoms with Crippen molar-refractivity contribution in [3.05, 3.63) is 96.7 Å². The molecule has 1 unspecified atom stereocenters. The van der Waals surface area contributed by atoms with Crippen LogP contribution in [0.1, 0.15) is 24.5 Å². The van der Waals surface area contributed by atoms with Crippen molar-refractivity contribution in [2.45, 2.75) is 18.9 Å². The molecular formula is C21H21NO. The second-order valence-corrected chi connectivity index (χ2v) is 5.57. The van der Waals surface area contributed by atoms with Gasteiger partial charge in [0, 0.05) is 17.1 Å². The first-order valence-corrected chi connectivity index (χ1v) is 7.91. The summed E-state index contributed by atoms with van der Waals surface area (Å²) in [5.41, 5.74) is 4.37. The van der Waals surface area contributed by atoms with E-state index in [1.54, 1.807) is 6.08 Å². The zero-order chi connectivity index (χ0) is 16.1. The number of aliphatic hydroxyl groups is 1. The third-order valence-corrected chi connectivity index (χ3v) is 4.01. The monoisotopic (exact) mass is 303 g/mol. The number of benzene rings is 2. The molecule has 0 amide bonds. The number of para-hydroxylation sites is 1. The van der Waals surface area contributed by atoms with Gasteiger partial charge in [0.1, 0.15) is 0 Å². The third kappa shape index (κ3) is 3.43. The highest BCUT2D eigenvalue weighted by atomic mass is 16.3. The molecular weight excluding hydrogens is 282 g/mol. The molecule has 116 valence electrons. The number of anilines is 2. The normalized spacial score (nSPS) is 14.9. The van der Waals surface area contributed by atoms with Crippen LogP contribution in [0.4, 0.5) is 11.4 Å². The van der Waals surface area contributed by atoms with Crippen molar-refractivity contribution in [3.8, 4) is 0 Å². The Labute approximate surface area is 137 Å². The highest BCUT2D eigenvalue weighted by molar-refractivity contribution is 5.69. The highest BCUT2D eigenvalue weighted by Gasteiger charge is 2.15.